The van der Waals surface area contributed by atoms with Crippen LogP contribution in [0.15, 0.2) is 0 Å². The van der Waals surface area contributed by atoms with Crippen molar-refractivity contribution in [2.24, 2.45) is 0 Å². The lowest BCUT2D eigenvalue weighted by molar-refractivity contribution is -0.150. The highest BCUT2D eigenvalue weighted by molar-refractivity contribution is 5.72. The molecule has 0 unspecified atom stereocenters. The summed E-state index contributed by atoms with van der Waals surface area (Å²) in [5.74, 6) is -0.101. The summed E-state index contributed by atoms with van der Waals surface area (Å²) in [6.45, 7) is 7.94. The molecule has 0 amide bonds. The van der Waals surface area contributed by atoms with Gasteiger partial charge in [-0.2, -0.15) is 0 Å². The lowest BCUT2D eigenvalue weighted by Crippen LogP contribution is -2.43. The molecule has 0 aromatic carbocycles. The molecule has 76 valence electrons. The first-order valence-corrected chi connectivity index (χ1v) is 4.80. The first kappa shape index (κ1) is 10.5. The van der Waals surface area contributed by atoms with Gasteiger partial charge in [0.05, 0.1) is 6.54 Å². The summed E-state index contributed by atoms with van der Waals surface area (Å²) in [4.78, 5) is 13.0. The van der Waals surface area contributed by atoms with E-state index in [0.29, 0.717) is 19.2 Å². The van der Waals surface area contributed by atoms with Crippen LogP contribution in [-0.2, 0) is 9.53 Å². The molecule has 0 aromatic rings. The van der Waals surface area contributed by atoms with E-state index in [9.17, 15) is 4.79 Å². The molecule has 0 aromatic heterocycles. The van der Waals surface area contributed by atoms with E-state index in [4.69, 9.17) is 4.74 Å². The summed E-state index contributed by atoms with van der Waals surface area (Å²) in [6.07, 6.45) is 0. The van der Waals surface area contributed by atoms with Gasteiger partial charge in [0, 0.05) is 25.7 Å². The monoisotopic (exact) mass is 186 g/mol. The fourth-order valence-corrected chi connectivity index (χ4v) is 1.30. The normalized spacial score (nSPS) is 19.2. The Balaban J connectivity index is 2.10. The zero-order chi connectivity index (χ0) is 9.68. The number of nitrogens with zero attached hydrogens (tertiary/aromatic N) is 1. The Morgan fingerprint density at radius 2 is 2.38 bits per heavy atom. The van der Waals surface area contributed by atoms with E-state index in [1.807, 2.05) is 0 Å². The summed E-state index contributed by atoms with van der Waals surface area (Å²) in [5, 5.41) is 3.31. The van der Waals surface area contributed by atoms with Crippen molar-refractivity contribution in [1.29, 1.82) is 0 Å². The first-order chi connectivity index (χ1) is 6.18. The third-order valence-electron chi connectivity index (χ3n) is 2.00. The van der Waals surface area contributed by atoms with Crippen molar-refractivity contribution < 1.29 is 9.53 Å². The minimum Gasteiger partial charge on any atom is -0.463 e. The number of esters is 1. The second kappa shape index (κ2) is 5.19. The minimum atomic E-state index is -0.101. The van der Waals surface area contributed by atoms with Gasteiger partial charge in [-0.15, -0.1) is 0 Å². The van der Waals surface area contributed by atoms with Crippen molar-refractivity contribution in [3.63, 3.8) is 0 Å². The van der Waals surface area contributed by atoms with Gasteiger partial charge < -0.3 is 10.1 Å². The number of cyclic esters (lactones) is 1. The summed E-state index contributed by atoms with van der Waals surface area (Å²) in [5.41, 5.74) is 0. The number of morpholine rings is 1. The molecule has 0 atom stereocenters. The Kier molecular flexibility index (Phi) is 4.18. The molecule has 0 spiro atoms. The number of hydrogen-bond acceptors (Lipinski definition) is 4. The van der Waals surface area contributed by atoms with Gasteiger partial charge in [-0.25, -0.2) is 0 Å². The maximum atomic E-state index is 10.9. The molecular formula is C9H18N2O2. The van der Waals surface area contributed by atoms with Crippen molar-refractivity contribution in [2.45, 2.75) is 19.9 Å². The predicted molar refractivity (Wildman–Crippen MR) is 50.5 cm³/mol. The van der Waals surface area contributed by atoms with E-state index >= 15 is 0 Å². The number of carbonyl (C=O) groups is 1. The van der Waals surface area contributed by atoms with Crippen LogP contribution >= 0.6 is 0 Å². The Morgan fingerprint density at radius 3 is 3.00 bits per heavy atom. The van der Waals surface area contributed by atoms with Crippen LogP contribution in [0.2, 0.25) is 0 Å². The largest absolute Gasteiger partial charge is 0.463 e. The van der Waals surface area contributed by atoms with Gasteiger partial charge in [0.25, 0.3) is 0 Å². The fourth-order valence-electron chi connectivity index (χ4n) is 1.30. The van der Waals surface area contributed by atoms with E-state index in [-0.39, 0.29) is 5.97 Å². The molecular weight excluding hydrogens is 168 g/mol. The van der Waals surface area contributed by atoms with Crippen LogP contribution in [0, 0.1) is 0 Å². The third-order valence-corrected chi connectivity index (χ3v) is 2.00. The average molecular weight is 186 g/mol. The van der Waals surface area contributed by atoms with Crippen LogP contribution in [0.3, 0.4) is 0 Å². The molecule has 1 saturated heterocycles. The van der Waals surface area contributed by atoms with Gasteiger partial charge >= 0.3 is 5.97 Å². The van der Waals surface area contributed by atoms with Gasteiger partial charge in [0.2, 0.25) is 0 Å². The maximum absolute atomic E-state index is 10.9. The van der Waals surface area contributed by atoms with E-state index in [1.165, 1.54) is 0 Å². The van der Waals surface area contributed by atoms with E-state index < -0.39 is 0 Å². The standard InChI is InChI=1S/C9H18N2O2/c1-8(2)10-3-4-11-5-6-13-9(12)7-11/h8,10H,3-7H2,1-2H3. The summed E-state index contributed by atoms with van der Waals surface area (Å²) in [6, 6.07) is 0.511. The fraction of sp³-hybridized carbons (Fsp3) is 0.889. The van der Waals surface area contributed by atoms with Gasteiger partial charge in [-0.1, -0.05) is 13.8 Å². The molecule has 4 nitrogen and oxygen atoms in total. The minimum absolute atomic E-state index is 0.101. The molecule has 0 bridgehead atoms. The predicted octanol–water partition coefficient (Wildman–Crippen LogP) is -0.157. The SMILES string of the molecule is CC(C)NCCN1CCOC(=O)C1. The molecule has 0 aliphatic carbocycles. The maximum Gasteiger partial charge on any atom is 0.320 e. The highest BCUT2D eigenvalue weighted by Gasteiger charge is 2.16. The van der Waals surface area contributed by atoms with Crippen molar-refractivity contribution in [3.05, 3.63) is 0 Å². The van der Waals surface area contributed by atoms with Crippen LogP contribution in [0.1, 0.15) is 13.8 Å². The molecule has 1 aliphatic rings. The molecule has 1 N–H and O–H groups in total. The number of nitrogens with one attached hydrogen (secondary N) is 1. The lowest BCUT2D eigenvalue weighted by atomic mass is 10.3. The first-order valence-electron chi connectivity index (χ1n) is 4.80. The average Bonchev–Trinajstić information content (AvgIpc) is 2.03. The molecule has 1 heterocycles. The smallest absolute Gasteiger partial charge is 0.320 e. The van der Waals surface area contributed by atoms with Crippen LogP contribution in [0.5, 0.6) is 0 Å². The number of carbonyl (C=O) groups excluding carboxylic acids is 1. The summed E-state index contributed by atoms with van der Waals surface area (Å²) in [7, 11) is 0. The Labute approximate surface area is 79.2 Å². The zero-order valence-electron chi connectivity index (χ0n) is 8.38. The second-order valence-corrected chi connectivity index (χ2v) is 3.61. The molecule has 1 fully saturated rings. The van der Waals surface area contributed by atoms with Crippen LogP contribution in [0.4, 0.5) is 0 Å². The van der Waals surface area contributed by atoms with Crippen molar-refractivity contribution in [1.82, 2.24) is 10.2 Å². The van der Waals surface area contributed by atoms with Gasteiger partial charge in [0.1, 0.15) is 6.61 Å². The van der Waals surface area contributed by atoms with Crippen LogP contribution < -0.4 is 5.32 Å². The lowest BCUT2D eigenvalue weighted by Gasteiger charge is -2.25. The molecule has 0 radical (unpaired) electrons. The number of ether oxygens (including phenoxy) is 1. The zero-order valence-corrected chi connectivity index (χ0v) is 8.38. The molecule has 4 heteroatoms. The van der Waals surface area contributed by atoms with Crippen molar-refractivity contribution in [2.75, 3.05) is 32.8 Å². The molecule has 13 heavy (non-hydrogen) atoms. The Bertz CT molecular complexity index is 171. The van der Waals surface area contributed by atoms with Gasteiger partial charge in [-0.3, -0.25) is 9.69 Å². The Morgan fingerprint density at radius 1 is 1.62 bits per heavy atom. The van der Waals surface area contributed by atoms with E-state index in [0.717, 1.165) is 19.6 Å². The van der Waals surface area contributed by atoms with Crippen LogP contribution in [0.25, 0.3) is 0 Å². The molecule has 0 saturated carbocycles. The summed E-state index contributed by atoms with van der Waals surface area (Å²) >= 11 is 0. The number of hydrogen-bond donors (Lipinski definition) is 1. The summed E-state index contributed by atoms with van der Waals surface area (Å²) < 4.78 is 4.83. The third kappa shape index (κ3) is 4.24. The Hall–Kier alpha value is -0.610. The second-order valence-electron chi connectivity index (χ2n) is 3.61. The quantitative estimate of drug-likeness (QED) is 0.620. The van der Waals surface area contributed by atoms with Crippen molar-refractivity contribution >= 4 is 5.97 Å². The van der Waals surface area contributed by atoms with Crippen molar-refractivity contribution in [3.8, 4) is 0 Å². The molecule has 1 rings (SSSR count). The topological polar surface area (TPSA) is 41.6 Å². The van der Waals surface area contributed by atoms with E-state index in [2.05, 4.69) is 24.1 Å². The highest BCUT2D eigenvalue weighted by Crippen LogP contribution is 1.96. The molecule has 1 aliphatic heterocycles. The van der Waals surface area contributed by atoms with Crippen LogP contribution in [-0.4, -0.2) is 49.7 Å². The van der Waals surface area contributed by atoms with E-state index in [1.54, 1.807) is 0 Å². The van der Waals surface area contributed by atoms with Gasteiger partial charge in [-0.05, 0) is 0 Å². The highest BCUT2D eigenvalue weighted by atomic mass is 16.5. The van der Waals surface area contributed by atoms with Gasteiger partial charge in [0.15, 0.2) is 0 Å². The number of rotatable bonds is 4.